The first-order chi connectivity index (χ1) is 13.6. The van der Waals surface area contributed by atoms with Crippen LogP contribution in [0.3, 0.4) is 0 Å². The second-order valence-corrected chi connectivity index (χ2v) is 7.17. The summed E-state index contributed by atoms with van der Waals surface area (Å²) in [6, 6.07) is 5.56. The van der Waals surface area contributed by atoms with Crippen molar-refractivity contribution in [2.75, 3.05) is 53.5 Å². The Labute approximate surface area is 166 Å². The van der Waals surface area contributed by atoms with Crippen LogP contribution in [0.4, 0.5) is 0 Å². The number of allylic oxidation sites excluding steroid dienone is 1. The van der Waals surface area contributed by atoms with Crippen molar-refractivity contribution in [3.63, 3.8) is 0 Å². The molecule has 1 aliphatic carbocycles. The van der Waals surface area contributed by atoms with Crippen molar-refractivity contribution in [3.05, 3.63) is 35.5 Å². The summed E-state index contributed by atoms with van der Waals surface area (Å²) in [5.41, 5.74) is 1.21. The Bertz CT molecular complexity index is 721. The average molecular weight is 387 g/mol. The summed E-state index contributed by atoms with van der Waals surface area (Å²) in [6.45, 7) is 5.71. The van der Waals surface area contributed by atoms with Crippen molar-refractivity contribution in [1.82, 2.24) is 15.5 Å². The van der Waals surface area contributed by atoms with E-state index in [9.17, 15) is 9.59 Å². The fourth-order valence-electron chi connectivity index (χ4n) is 3.73. The second-order valence-electron chi connectivity index (χ2n) is 7.17. The summed E-state index contributed by atoms with van der Waals surface area (Å²) in [5, 5.41) is 6.47. The number of benzene rings is 1. The molecule has 0 unspecified atom stereocenters. The Morgan fingerprint density at radius 1 is 1.11 bits per heavy atom. The van der Waals surface area contributed by atoms with E-state index < -0.39 is 0 Å². The molecule has 1 aromatic rings. The lowest BCUT2D eigenvalue weighted by molar-refractivity contribution is -0.124. The molecule has 3 rings (SSSR count). The lowest BCUT2D eigenvalue weighted by atomic mass is 9.80. The van der Waals surface area contributed by atoms with Gasteiger partial charge in [-0.2, -0.15) is 0 Å². The predicted octanol–water partition coefficient (Wildman–Crippen LogP) is 1.10. The molecule has 7 heteroatoms. The van der Waals surface area contributed by atoms with Gasteiger partial charge >= 0.3 is 0 Å². The SMILES string of the molecule is COc1ccc(C2CC(=O)C(=CNCCN3CCNCC3)C(=O)C2)cc1OC. The zero-order valence-corrected chi connectivity index (χ0v) is 16.6. The van der Waals surface area contributed by atoms with Crippen LogP contribution in [0.5, 0.6) is 11.5 Å². The fourth-order valence-corrected chi connectivity index (χ4v) is 3.73. The van der Waals surface area contributed by atoms with Gasteiger partial charge in [-0.25, -0.2) is 0 Å². The number of methoxy groups -OCH3 is 2. The number of hydrogen-bond acceptors (Lipinski definition) is 7. The van der Waals surface area contributed by atoms with Crippen LogP contribution in [-0.2, 0) is 9.59 Å². The van der Waals surface area contributed by atoms with E-state index in [-0.39, 0.29) is 23.1 Å². The molecular formula is C21H29N3O4. The van der Waals surface area contributed by atoms with Crippen molar-refractivity contribution in [2.45, 2.75) is 18.8 Å². The van der Waals surface area contributed by atoms with E-state index in [0.29, 0.717) is 24.3 Å². The van der Waals surface area contributed by atoms with Crippen LogP contribution in [0.1, 0.15) is 24.3 Å². The van der Waals surface area contributed by atoms with Crippen LogP contribution in [0, 0.1) is 0 Å². The third-order valence-electron chi connectivity index (χ3n) is 5.37. The lowest BCUT2D eigenvalue weighted by Gasteiger charge is -2.27. The largest absolute Gasteiger partial charge is 0.493 e. The fraction of sp³-hybridized carbons (Fsp3) is 0.524. The van der Waals surface area contributed by atoms with Gasteiger partial charge in [0.1, 0.15) is 0 Å². The molecule has 0 aromatic heterocycles. The summed E-state index contributed by atoms with van der Waals surface area (Å²) in [5.74, 6) is 0.902. The summed E-state index contributed by atoms with van der Waals surface area (Å²) < 4.78 is 10.6. The van der Waals surface area contributed by atoms with E-state index in [4.69, 9.17) is 9.47 Å². The monoisotopic (exact) mass is 387 g/mol. The van der Waals surface area contributed by atoms with Gasteiger partial charge in [0.05, 0.1) is 19.8 Å². The molecule has 7 nitrogen and oxygen atoms in total. The predicted molar refractivity (Wildman–Crippen MR) is 107 cm³/mol. The van der Waals surface area contributed by atoms with Crippen molar-refractivity contribution in [1.29, 1.82) is 0 Å². The van der Waals surface area contributed by atoms with Gasteiger partial charge in [-0.3, -0.25) is 14.5 Å². The second kappa shape index (κ2) is 9.71. The van der Waals surface area contributed by atoms with Crippen LogP contribution in [0.15, 0.2) is 30.0 Å². The molecule has 1 heterocycles. The molecule has 1 saturated heterocycles. The first kappa shape index (κ1) is 20.4. The average Bonchev–Trinajstić information content (AvgIpc) is 2.72. The van der Waals surface area contributed by atoms with Crippen LogP contribution in [0.25, 0.3) is 0 Å². The van der Waals surface area contributed by atoms with Crippen molar-refractivity contribution in [2.24, 2.45) is 0 Å². The molecule has 0 bridgehead atoms. The van der Waals surface area contributed by atoms with Crippen LogP contribution < -0.4 is 20.1 Å². The van der Waals surface area contributed by atoms with Crippen LogP contribution >= 0.6 is 0 Å². The topological polar surface area (TPSA) is 79.9 Å². The quantitative estimate of drug-likeness (QED) is 0.412. The third kappa shape index (κ3) is 4.91. The van der Waals surface area contributed by atoms with E-state index in [1.165, 1.54) is 0 Å². The number of nitrogens with zero attached hydrogens (tertiary/aromatic N) is 1. The van der Waals surface area contributed by atoms with E-state index >= 15 is 0 Å². The smallest absolute Gasteiger partial charge is 0.168 e. The lowest BCUT2D eigenvalue weighted by Crippen LogP contribution is -2.45. The minimum atomic E-state index is -0.127. The zero-order chi connectivity index (χ0) is 19.9. The summed E-state index contributed by atoms with van der Waals surface area (Å²) in [6.07, 6.45) is 2.26. The molecule has 0 radical (unpaired) electrons. The number of Topliss-reactive ketones (excluding diaryl/α,β-unsaturated/α-hetero) is 2. The van der Waals surface area contributed by atoms with Gasteiger partial charge in [0.25, 0.3) is 0 Å². The van der Waals surface area contributed by atoms with Gasteiger partial charge in [-0.1, -0.05) is 6.07 Å². The normalized spacial score (nSPS) is 20.8. The van der Waals surface area contributed by atoms with Crippen molar-refractivity contribution < 1.29 is 19.1 Å². The molecule has 2 fully saturated rings. The Balaban J connectivity index is 1.57. The Morgan fingerprint density at radius 3 is 2.43 bits per heavy atom. The number of ether oxygens (including phenoxy) is 2. The maximum Gasteiger partial charge on any atom is 0.168 e. The Hall–Kier alpha value is -2.38. The van der Waals surface area contributed by atoms with Gasteiger partial charge < -0.3 is 20.1 Å². The van der Waals surface area contributed by atoms with Crippen molar-refractivity contribution >= 4 is 11.6 Å². The van der Waals surface area contributed by atoms with Gasteiger partial charge in [0, 0.05) is 58.3 Å². The molecule has 2 N–H and O–H groups in total. The van der Waals surface area contributed by atoms with E-state index in [0.717, 1.165) is 44.8 Å². The third-order valence-corrected chi connectivity index (χ3v) is 5.37. The highest BCUT2D eigenvalue weighted by atomic mass is 16.5. The molecule has 2 aliphatic rings. The Kier molecular flexibility index (Phi) is 7.06. The van der Waals surface area contributed by atoms with E-state index in [2.05, 4.69) is 15.5 Å². The number of ketones is 2. The Morgan fingerprint density at radius 2 is 1.79 bits per heavy atom. The number of carbonyl (C=O) groups excluding carboxylic acids is 2. The molecular weight excluding hydrogens is 358 g/mol. The standard InChI is InChI=1S/C21H29N3O4/c1-27-20-4-3-15(13-21(20)28-2)16-11-18(25)17(19(26)12-16)14-23-7-10-24-8-5-22-6-9-24/h3-4,13-14,16,22-23H,5-12H2,1-2H3. The van der Waals surface area contributed by atoms with E-state index in [1.54, 1.807) is 20.4 Å². The van der Waals surface area contributed by atoms with Gasteiger partial charge in [-0.15, -0.1) is 0 Å². The molecule has 0 atom stereocenters. The molecule has 1 saturated carbocycles. The number of carbonyl (C=O) groups is 2. The van der Waals surface area contributed by atoms with Gasteiger partial charge in [0.2, 0.25) is 0 Å². The molecule has 0 spiro atoms. The minimum Gasteiger partial charge on any atom is -0.493 e. The van der Waals surface area contributed by atoms with Crippen LogP contribution in [0.2, 0.25) is 0 Å². The first-order valence-corrected chi connectivity index (χ1v) is 9.77. The van der Waals surface area contributed by atoms with Gasteiger partial charge in [0.15, 0.2) is 23.1 Å². The maximum absolute atomic E-state index is 12.6. The van der Waals surface area contributed by atoms with Crippen LogP contribution in [-0.4, -0.2) is 70.0 Å². The van der Waals surface area contributed by atoms with Gasteiger partial charge in [-0.05, 0) is 23.6 Å². The highest BCUT2D eigenvalue weighted by molar-refractivity contribution is 6.22. The molecule has 28 heavy (non-hydrogen) atoms. The molecule has 0 amide bonds. The summed E-state index contributed by atoms with van der Waals surface area (Å²) in [4.78, 5) is 27.5. The van der Waals surface area contributed by atoms with Crippen molar-refractivity contribution in [3.8, 4) is 11.5 Å². The molecule has 152 valence electrons. The van der Waals surface area contributed by atoms with E-state index in [1.807, 2.05) is 18.2 Å². The number of hydrogen-bond donors (Lipinski definition) is 2. The maximum atomic E-state index is 12.6. The minimum absolute atomic E-state index is 0.106. The number of rotatable bonds is 7. The highest BCUT2D eigenvalue weighted by Crippen LogP contribution is 2.36. The first-order valence-electron chi connectivity index (χ1n) is 9.77. The molecule has 1 aromatic carbocycles. The number of piperazine rings is 1. The zero-order valence-electron chi connectivity index (χ0n) is 16.6. The summed E-state index contributed by atoms with van der Waals surface area (Å²) in [7, 11) is 3.16. The molecule has 1 aliphatic heterocycles. The highest BCUT2D eigenvalue weighted by Gasteiger charge is 2.31. The summed E-state index contributed by atoms with van der Waals surface area (Å²) >= 11 is 0. The number of nitrogens with one attached hydrogen (secondary N) is 2.